The van der Waals surface area contributed by atoms with Crippen molar-refractivity contribution >= 4 is 0 Å². The highest BCUT2D eigenvalue weighted by molar-refractivity contribution is 5.35. The number of benzene rings is 1. The lowest BCUT2D eigenvalue weighted by Gasteiger charge is -2.40. The second kappa shape index (κ2) is 5.47. The van der Waals surface area contributed by atoms with Crippen molar-refractivity contribution in [3.05, 3.63) is 29.6 Å². The van der Waals surface area contributed by atoms with Crippen molar-refractivity contribution in [3.8, 4) is 5.75 Å². The average Bonchev–Trinajstić information content (AvgIpc) is 2.39. The Kier molecular flexibility index (Phi) is 4.11. The Labute approximate surface area is 114 Å². The molecule has 0 radical (unpaired) electrons. The molecule has 3 nitrogen and oxygen atoms in total. The van der Waals surface area contributed by atoms with Crippen LogP contribution in [-0.4, -0.2) is 36.2 Å². The van der Waals surface area contributed by atoms with E-state index in [0.29, 0.717) is 24.4 Å². The molecule has 1 heterocycles. The summed E-state index contributed by atoms with van der Waals surface area (Å²) in [5.74, 6) is -0.247. The van der Waals surface area contributed by atoms with E-state index in [2.05, 4.69) is 18.7 Å². The maximum atomic E-state index is 14.3. The topological polar surface area (TPSA) is 32.7 Å². The van der Waals surface area contributed by atoms with Crippen LogP contribution in [-0.2, 0) is 5.60 Å². The third kappa shape index (κ3) is 2.74. The molecule has 0 amide bonds. The summed E-state index contributed by atoms with van der Waals surface area (Å²) in [5.41, 5.74) is -0.723. The smallest absolute Gasteiger partial charge is 0.171 e. The molecule has 1 aliphatic heterocycles. The highest BCUT2D eigenvalue weighted by Crippen LogP contribution is 2.37. The number of methoxy groups -OCH3 is 1. The van der Waals surface area contributed by atoms with E-state index in [9.17, 15) is 9.50 Å². The Hall–Kier alpha value is -1.13. The summed E-state index contributed by atoms with van der Waals surface area (Å²) in [6.07, 6.45) is 1.10. The molecule has 1 N–H and O–H groups in total. The van der Waals surface area contributed by atoms with Crippen LogP contribution in [0.2, 0.25) is 0 Å². The van der Waals surface area contributed by atoms with Gasteiger partial charge < -0.3 is 14.7 Å². The number of ether oxygens (including phenoxy) is 1. The van der Waals surface area contributed by atoms with Crippen LogP contribution >= 0.6 is 0 Å². The van der Waals surface area contributed by atoms with E-state index in [1.807, 2.05) is 0 Å². The van der Waals surface area contributed by atoms with Crippen molar-refractivity contribution in [1.29, 1.82) is 0 Å². The minimum absolute atomic E-state index is 0.192. The molecular weight excluding hydrogens is 245 g/mol. The van der Waals surface area contributed by atoms with Gasteiger partial charge in [0.15, 0.2) is 11.6 Å². The van der Waals surface area contributed by atoms with Gasteiger partial charge in [-0.05, 0) is 32.8 Å². The van der Waals surface area contributed by atoms with E-state index in [0.717, 1.165) is 13.1 Å². The zero-order chi connectivity index (χ0) is 14.0. The van der Waals surface area contributed by atoms with Gasteiger partial charge in [-0.3, -0.25) is 0 Å². The number of halogens is 1. The second-order valence-electron chi connectivity index (χ2n) is 5.48. The molecule has 1 aromatic rings. The maximum Gasteiger partial charge on any atom is 0.171 e. The number of aliphatic hydroxyl groups is 1. The molecule has 0 aromatic heterocycles. The molecule has 0 bridgehead atoms. The van der Waals surface area contributed by atoms with Crippen LogP contribution in [0.15, 0.2) is 18.2 Å². The predicted octanol–water partition coefficient (Wildman–Crippen LogP) is 2.53. The summed E-state index contributed by atoms with van der Waals surface area (Å²) in [6.45, 7) is 5.84. The first-order chi connectivity index (χ1) is 8.98. The molecule has 0 unspecified atom stereocenters. The van der Waals surface area contributed by atoms with Gasteiger partial charge in [-0.1, -0.05) is 12.1 Å². The molecule has 0 spiro atoms. The van der Waals surface area contributed by atoms with Crippen LogP contribution in [0.5, 0.6) is 5.75 Å². The van der Waals surface area contributed by atoms with Crippen molar-refractivity contribution in [2.24, 2.45) is 0 Å². The van der Waals surface area contributed by atoms with Gasteiger partial charge in [-0.25, -0.2) is 4.39 Å². The first-order valence-corrected chi connectivity index (χ1v) is 6.77. The number of likely N-dealkylation sites (tertiary alicyclic amines) is 1. The third-order valence-electron chi connectivity index (χ3n) is 4.04. The van der Waals surface area contributed by atoms with E-state index >= 15 is 0 Å². The lowest BCUT2D eigenvalue weighted by atomic mass is 9.83. The zero-order valence-corrected chi connectivity index (χ0v) is 11.8. The van der Waals surface area contributed by atoms with E-state index in [4.69, 9.17) is 4.74 Å². The lowest BCUT2D eigenvalue weighted by molar-refractivity contribution is -0.0350. The highest BCUT2D eigenvalue weighted by atomic mass is 19.1. The quantitative estimate of drug-likeness (QED) is 0.913. The molecule has 1 fully saturated rings. The molecule has 1 aromatic carbocycles. The fourth-order valence-corrected chi connectivity index (χ4v) is 2.71. The summed E-state index contributed by atoms with van der Waals surface area (Å²) in [7, 11) is 1.44. The number of rotatable bonds is 3. The molecular formula is C15H22FNO2. The zero-order valence-electron chi connectivity index (χ0n) is 11.8. The van der Waals surface area contributed by atoms with E-state index < -0.39 is 11.4 Å². The van der Waals surface area contributed by atoms with Gasteiger partial charge in [0.05, 0.1) is 12.7 Å². The predicted molar refractivity (Wildman–Crippen MR) is 72.8 cm³/mol. The monoisotopic (exact) mass is 267 g/mol. The minimum Gasteiger partial charge on any atom is -0.494 e. The Morgan fingerprint density at radius 1 is 1.32 bits per heavy atom. The first-order valence-electron chi connectivity index (χ1n) is 6.77. The van der Waals surface area contributed by atoms with E-state index in [1.54, 1.807) is 18.2 Å². The Morgan fingerprint density at radius 2 is 1.95 bits per heavy atom. The Bertz CT molecular complexity index is 440. The molecule has 19 heavy (non-hydrogen) atoms. The van der Waals surface area contributed by atoms with Crippen molar-refractivity contribution in [3.63, 3.8) is 0 Å². The van der Waals surface area contributed by atoms with Crippen molar-refractivity contribution in [2.75, 3.05) is 20.2 Å². The normalized spacial score (nSPS) is 19.7. The van der Waals surface area contributed by atoms with Gasteiger partial charge >= 0.3 is 0 Å². The van der Waals surface area contributed by atoms with Gasteiger partial charge in [0.1, 0.15) is 0 Å². The standard InChI is InChI=1S/C15H22FNO2/c1-11(2)17-9-7-15(18,8-10-17)12-5-4-6-13(19-3)14(12)16/h4-6,11,18H,7-10H2,1-3H3. The fraction of sp³-hybridized carbons (Fsp3) is 0.600. The molecule has 106 valence electrons. The van der Waals surface area contributed by atoms with Gasteiger partial charge in [0.2, 0.25) is 0 Å². The molecule has 0 saturated carbocycles. The number of hydrogen-bond acceptors (Lipinski definition) is 3. The Morgan fingerprint density at radius 3 is 2.47 bits per heavy atom. The summed E-state index contributed by atoms with van der Waals surface area (Å²) < 4.78 is 19.2. The molecule has 4 heteroatoms. The van der Waals surface area contributed by atoms with Gasteiger partial charge in [0.25, 0.3) is 0 Å². The second-order valence-corrected chi connectivity index (χ2v) is 5.48. The minimum atomic E-state index is -1.08. The number of hydrogen-bond donors (Lipinski definition) is 1. The summed E-state index contributed by atoms with van der Waals surface area (Å²) in [4.78, 5) is 2.30. The van der Waals surface area contributed by atoms with E-state index in [-0.39, 0.29) is 5.75 Å². The molecule has 0 atom stereocenters. The fourth-order valence-electron chi connectivity index (χ4n) is 2.71. The number of nitrogens with zero attached hydrogens (tertiary/aromatic N) is 1. The van der Waals surface area contributed by atoms with Crippen LogP contribution in [0, 0.1) is 5.82 Å². The third-order valence-corrected chi connectivity index (χ3v) is 4.04. The maximum absolute atomic E-state index is 14.3. The summed E-state index contributed by atoms with van der Waals surface area (Å²) >= 11 is 0. The summed E-state index contributed by atoms with van der Waals surface area (Å²) in [5, 5.41) is 10.7. The lowest BCUT2D eigenvalue weighted by Crippen LogP contribution is -2.45. The highest BCUT2D eigenvalue weighted by Gasteiger charge is 2.37. The van der Waals surface area contributed by atoms with Crippen LogP contribution in [0.4, 0.5) is 4.39 Å². The van der Waals surface area contributed by atoms with Crippen LogP contribution in [0.3, 0.4) is 0 Å². The van der Waals surface area contributed by atoms with Crippen LogP contribution < -0.4 is 4.74 Å². The van der Waals surface area contributed by atoms with Crippen LogP contribution in [0.1, 0.15) is 32.3 Å². The SMILES string of the molecule is COc1cccc(C2(O)CCN(C(C)C)CC2)c1F. The first kappa shape index (κ1) is 14.3. The molecule has 0 aliphatic carbocycles. The van der Waals surface area contributed by atoms with E-state index in [1.165, 1.54) is 7.11 Å². The van der Waals surface area contributed by atoms with Crippen molar-refractivity contribution in [2.45, 2.75) is 38.3 Å². The molecule has 1 aliphatic rings. The van der Waals surface area contributed by atoms with Gasteiger partial charge in [-0.15, -0.1) is 0 Å². The molecule has 1 saturated heterocycles. The Balaban J connectivity index is 2.22. The largest absolute Gasteiger partial charge is 0.494 e. The molecule has 2 rings (SSSR count). The van der Waals surface area contributed by atoms with Gasteiger partial charge in [-0.2, -0.15) is 0 Å². The summed E-state index contributed by atoms with van der Waals surface area (Å²) in [6, 6.07) is 5.41. The number of piperidine rings is 1. The average molecular weight is 267 g/mol. The van der Waals surface area contributed by atoms with Crippen LogP contribution in [0.25, 0.3) is 0 Å². The van der Waals surface area contributed by atoms with Crippen molar-refractivity contribution in [1.82, 2.24) is 4.90 Å². The van der Waals surface area contributed by atoms with Gasteiger partial charge in [0, 0.05) is 24.7 Å². The van der Waals surface area contributed by atoms with Crippen molar-refractivity contribution < 1.29 is 14.2 Å².